The summed E-state index contributed by atoms with van der Waals surface area (Å²) in [5.41, 5.74) is 8.69. The van der Waals surface area contributed by atoms with Crippen LogP contribution < -0.4 is 15.8 Å². The zero-order chi connectivity index (χ0) is 18.4. The van der Waals surface area contributed by atoms with Crippen molar-refractivity contribution in [3.8, 4) is 0 Å². The molecule has 0 radical (unpaired) electrons. The van der Waals surface area contributed by atoms with Crippen molar-refractivity contribution in [2.24, 2.45) is 5.73 Å². The van der Waals surface area contributed by atoms with Crippen LogP contribution in [0.3, 0.4) is 0 Å². The maximum Gasteiger partial charge on any atom is 0.255 e. The fraction of sp³-hybridized carbons (Fsp3) is 0.278. The van der Waals surface area contributed by atoms with Gasteiger partial charge in [-0.1, -0.05) is 25.1 Å². The zero-order valence-corrected chi connectivity index (χ0v) is 16.4. The molecule has 4 N–H and O–H groups in total. The molecule has 0 heterocycles. The summed E-state index contributed by atoms with van der Waals surface area (Å²) < 4.78 is 26.5. The van der Waals surface area contributed by atoms with E-state index in [2.05, 4.69) is 10.0 Å². The standard InChI is InChI=1S/C18H23N3O3S.ClH/c1-3-11-25(23,24)21-17-6-4-5-16(13(17)2)20-18(22)15-9-7-14(12-19)8-10-15;/h4-10,21H,3,11-12,19H2,1-2H3,(H,20,22);1H. The van der Waals surface area contributed by atoms with Gasteiger partial charge in [-0.3, -0.25) is 9.52 Å². The predicted molar refractivity (Wildman–Crippen MR) is 108 cm³/mol. The molecule has 0 aromatic heterocycles. The van der Waals surface area contributed by atoms with Crippen LogP contribution in [-0.4, -0.2) is 20.1 Å². The van der Waals surface area contributed by atoms with Crippen molar-refractivity contribution in [2.45, 2.75) is 26.8 Å². The Labute approximate surface area is 160 Å². The van der Waals surface area contributed by atoms with E-state index >= 15 is 0 Å². The van der Waals surface area contributed by atoms with Crippen LogP contribution in [-0.2, 0) is 16.6 Å². The number of benzene rings is 2. The number of nitrogens with one attached hydrogen (secondary N) is 2. The van der Waals surface area contributed by atoms with E-state index in [9.17, 15) is 13.2 Å². The number of carbonyl (C=O) groups excluding carboxylic acids is 1. The number of sulfonamides is 1. The molecule has 0 fully saturated rings. The van der Waals surface area contributed by atoms with Crippen LogP contribution in [0.5, 0.6) is 0 Å². The highest BCUT2D eigenvalue weighted by Crippen LogP contribution is 2.25. The molecule has 0 aliphatic heterocycles. The highest BCUT2D eigenvalue weighted by molar-refractivity contribution is 7.92. The Morgan fingerprint density at radius 2 is 1.69 bits per heavy atom. The number of hydrogen-bond acceptors (Lipinski definition) is 4. The molecule has 0 atom stereocenters. The molecule has 2 aromatic rings. The molecule has 1 amide bonds. The minimum atomic E-state index is -3.39. The quantitative estimate of drug-likeness (QED) is 0.667. The third-order valence-corrected chi connectivity index (χ3v) is 5.25. The second-order valence-corrected chi connectivity index (χ2v) is 7.60. The van der Waals surface area contributed by atoms with Crippen LogP contribution in [0, 0.1) is 6.92 Å². The number of amides is 1. The molecular weight excluding hydrogens is 374 g/mol. The molecule has 2 aromatic carbocycles. The largest absolute Gasteiger partial charge is 0.326 e. The Balaban J connectivity index is 0.00000338. The molecule has 142 valence electrons. The summed E-state index contributed by atoms with van der Waals surface area (Å²) in [5.74, 6) is -0.212. The first-order valence-corrected chi connectivity index (χ1v) is 9.72. The summed E-state index contributed by atoms with van der Waals surface area (Å²) in [4.78, 5) is 12.4. The molecule has 0 saturated carbocycles. The molecule has 0 saturated heterocycles. The minimum Gasteiger partial charge on any atom is -0.326 e. The van der Waals surface area contributed by atoms with E-state index < -0.39 is 10.0 Å². The first-order chi connectivity index (χ1) is 11.9. The Morgan fingerprint density at radius 1 is 1.08 bits per heavy atom. The van der Waals surface area contributed by atoms with Crippen molar-refractivity contribution < 1.29 is 13.2 Å². The van der Waals surface area contributed by atoms with Gasteiger partial charge in [-0.05, 0) is 48.7 Å². The van der Waals surface area contributed by atoms with E-state index in [1.54, 1.807) is 56.3 Å². The van der Waals surface area contributed by atoms with Crippen LogP contribution in [0.15, 0.2) is 42.5 Å². The van der Waals surface area contributed by atoms with Crippen LogP contribution in [0.25, 0.3) is 0 Å². The fourth-order valence-electron chi connectivity index (χ4n) is 2.36. The molecule has 26 heavy (non-hydrogen) atoms. The number of carbonyl (C=O) groups is 1. The van der Waals surface area contributed by atoms with Crippen LogP contribution >= 0.6 is 12.4 Å². The number of nitrogens with two attached hydrogens (primary N) is 1. The Hall–Kier alpha value is -2.09. The van der Waals surface area contributed by atoms with Crippen molar-refractivity contribution >= 4 is 39.7 Å². The number of hydrogen-bond donors (Lipinski definition) is 3. The summed E-state index contributed by atoms with van der Waals surface area (Å²) in [6.07, 6.45) is 0.531. The van der Waals surface area contributed by atoms with Gasteiger partial charge < -0.3 is 11.1 Å². The average molecular weight is 398 g/mol. The van der Waals surface area contributed by atoms with E-state index in [1.807, 2.05) is 0 Å². The first kappa shape index (κ1) is 22.0. The van der Waals surface area contributed by atoms with Crippen molar-refractivity contribution in [3.05, 3.63) is 59.2 Å². The zero-order valence-electron chi connectivity index (χ0n) is 14.8. The molecule has 0 unspecified atom stereocenters. The van der Waals surface area contributed by atoms with E-state index in [4.69, 9.17) is 5.73 Å². The van der Waals surface area contributed by atoms with Gasteiger partial charge in [0, 0.05) is 17.8 Å². The molecule has 0 bridgehead atoms. The third kappa shape index (κ3) is 5.72. The predicted octanol–water partition coefficient (Wildman–Crippen LogP) is 3.28. The van der Waals surface area contributed by atoms with Crippen LogP contribution in [0.2, 0.25) is 0 Å². The lowest BCUT2D eigenvalue weighted by Crippen LogP contribution is -2.18. The molecule has 0 aliphatic rings. The summed E-state index contributed by atoms with van der Waals surface area (Å²) >= 11 is 0. The van der Waals surface area contributed by atoms with E-state index in [-0.39, 0.29) is 24.1 Å². The van der Waals surface area contributed by atoms with Gasteiger partial charge in [0.25, 0.3) is 5.91 Å². The maximum absolute atomic E-state index is 12.4. The Bertz CT molecular complexity index is 852. The van der Waals surface area contributed by atoms with Gasteiger partial charge in [-0.25, -0.2) is 8.42 Å². The Morgan fingerprint density at radius 3 is 2.27 bits per heavy atom. The number of rotatable bonds is 7. The topological polar surface area (TPSA) is 101 Å². The van der Waals surface area contributed by atoms with Crippen molar-refractivity contribution in [3.63, 3.8) is 0 Å². The SMILES string of the molecule is CCCS(=O)(=O)Nc1cccc(NC(=O)c2ccc(CN)cc2)c1C.Cl. The van der Waals surface area contributed by atoms with Crippen LogP contribution in [0.4, 0.5) is 11.4 Å². The molecular formula is C18H24ClN3O3S. The highest BCUT2D eigenvalue weighted by Gasteiger charge is 2.14. The Kier molecular flexibility index (Phi) is 8.08. The van der Waals surface area contributed by atoms with Gasteiger partial charge in [0.05, 0.1) is 11.4 Å². The van der Waals surface area contributed by atoms with Crippen molar-refractivity contribution in [1.82, 2.24) is 0 Å². The molecule has 6 nitrogen and oxygen atoms in total. The molecule has 0 spiro atoms. The lowest BCUT2D eigenvalue weighted by Gasteiger charge is -2.14. The van der Waals surface area contributed by atoms with Gasteiger partial charge in [0.2, 0.25) is 10.0 Å². The van der Waals surface area contributed by atoms with Crippen molar-refractivity contribution in [2.75, 3.05) is 15.8 Å². The number of anilines is 2. The van der Waals surface area contributed by atoms with Gasteiger partial charge >= 0.3 is 0 Å². The number of halogens is 1. The van der Waals surface area contributed by atoms with Crippen molar-refractivity contribution in [1.29, 1.82) is 0 Å². The molecule has 0 aliphatic carbocycles. The van der Waals surface area contributed by atoms with Gasteiger partial charge in [0.1, 0.15) is 0 Å². The maximum atomic E-state index is 12.4. The molecule has 2 rings (SSSR count). The smallest absolute Gasteiger partial charge is 0.255 e. The van der Waals surface area contributed by atoms with Gasteiger partial charge in [0.15, 0.2) is 0 Å². The lowest BCUT2D eigenvalue weighted by atomic mass is 10.1. The summed E-state index contributed by atoms with van der Waals surface area (Å²) in [6.45, 7) is 3.98. The fourth-order valence-corrected chi connectivity index (χ4v) is 3.55. The van der Waals surface area contributed by atoms with E-state index in [1.165, 1.54) is 0 Å². The molecule has 8 heteroatoms. The van der Waals surface area contributed by atoms with Gasteiger partial charge in [-0.2, -0.15) is 0 Å². The van der Waals surface area contributed by atoms with Gasteiger partial charge in [-0.15, -0.1) is 12.4 Å². The van der Waals surface area contributed by atoms with E-state index in [0.717, 1.165) is 5.56 Å². The third-order valence-electron chi connectivity index (χ3n) is 3.77. The second kappa shape index (κ2) is 9.56. The second-order valence-electron chi connectivity index (χ2n) is 5.75. The average Bonchev–Trinajstić information content (AvgIpc) is 2.58. The van der Waals surface area contributed by atoms with Crippen LogP contribution in [0.1, 0.15) is 34.8 Å². The highest BCUT2D eigenvalue weighted by atomic mass is 35.5. The lowest BCUT2D eigenvalue weighted by molar-refractivity contribution is 0.102. The summed E-state index contributed by atoms with van der Waals surface area (Å²) in [5, 5.41) is 2.82. The normalized spacial score (nSPS) is 10.7. The monoisotopic (exact) mass is 397 g/mol. The first-order valence-electron chi connectivity index (χ1n) is 8.06. The van der Waals surface area contributed by atoms with E-state index in [0.29, 0.717) is 35.5 Å². The summed E-state index contributed by atoms with van der Waals surface area (Å²) in [6, 6.07) is 12.1. The minimum absolute atomic E-state index is 0. The summed E-state index contributed by atoms with van der Waals surface area (Å²) in [7, 11) is -3.39.